The van der Waals surface area contributed by atoms with Crippen LogP contribution in [0.3, 0.4) is 0 Å². The summed E-state index contributed by atoms with van der Waals surface area (Å²) in [6.07, 6.45) is 13.5. The van der Waals surface area contributed by atoms with Crippen LogP contribution in [0.2, 0.25) is 0 Å². The zero-order valence-corrected chi connectivity index (χ0v) is 11.9. The highest BCUT2D eigenvalue weighted by atomic mass is 16.5. The van der Waals surface area contributed by atoms with Gasteiger partial charge in [0.1, 0.15) is 0 Å². The Hall–Kier alpha value is -0.0800. The van der Waals surface area contributed by atoms with Crippen LogP contribution in [0, 0.1) is 5.92 Å². The van der Waals surface area contributed by atoms with Crippen molar-refractivity contribution < 1.29 is 4.74 Å². The minimum Gasteiger partial charge on any atom is -0.375 e. The van der Waals surface area contributed by atoms with Crippen molar-refractivity contribution in [3.63, 3.8) is 0 Å². The molecular weight excluding hydrogens is 222 g/mol. The predicted molar refractivity (Wildman–Crippen MR) is 74.7 cm³/mol. The van der Waals surface area contributed by atoms with Crippen molar-refractivity contribution in [3.8, 4) is 0 Å². The van der Waals surface area contributed by atoms with Crippen molar-refractivity contribution in [1.29, 1.82) is 0 Å². The van der Waals surface area contributed by atoms with Crippen molar-refractivity contribution >= 4 is 0 Å². The second-order valence-corrected chi connectivity index (χ2v) is 7.06. The number of rotatable bonds is 2. The highest BCUT2D eigenvalue weighted by Crippen LogP contribution is 2.40. The monoisotopic (exact) mass is 251 g/mol. The Labute approximate surface area is 112 Å². The maximum atomic E-state index is 6.13. The summed E-state index contributed by atoms with van der Waals surface area (Å²) in [6, 6.07) is 1.52. The van der Waals surface area contributed by atoms with Crippen molar-refractivity contribution in [2.24, 2.45) is 5.92 Å². The molecule has 0 aromatic rings. The van der Waals surface area contributed by atoms with Gasteiger partial charge in [0.05, 0.1) is 5.60 Å². The van der Waals surface area contributed by atoms with Crippen molar-refractivity contribution in [1.82, 2.24) is 5.32 Å². The molecule has 2 aliphatic carbocycles. The smallest absolute Gasteiger partial charge is 0.0697 e. The van der Waals surface area contributed by atoms with Gasteiger partial charge in [-0.3, -0.25) is 0 Å². The van der Waals surface area contributed by atoms with Gasteiger partial charge in [0.25, 0.3) is 0 Å². The molecule has 3 unspecified atom stereocenters. The van der Waals surface area contributed by atoms with Crippen LogP contribution in [0.15, 0.2) is 0 Å². The van der Waals surface area contributed by atoms with Gasteiger partial charge in [-0.2, -0.15) is 0 Å². The molecule has 2 heteroatoms. The second kappa shape index (κ2) is 5.50. The molecule has 2 saturated carbocycles. The van der Waals surface area contributed by atoms with Gasteiger partial charge in [0.15, 0.2) is 0 Å². The molecule has 0 amide bonds. The third-order valence-electron chi connectivity index (χ3n) is 5.42. The van der Waals surface area contributed by atoms with Crippen molar-refractivity contribution in [2.45, 2.75) is 88.8 Å². The van der Waals surface area contributed by atoms with E-state index in [0.717, 1.165) is 24.6 Å². The molecule has 1 spiro atoms. The van der Waals surface area contributed by atoms with Gasteiger partial charge < -0.3 is 10.1 Å². The summed E-state index contributed by atoms with van der Waals surface area (Å²) in [4.78, 5) is 0. The van der Waals surface area contributed by atoms with Gasteiger partial charge in [-0.15, -0.1) is 0 Å². The van der Waals surface area contributed by atoms with E-state index in [1.54, 1.807) is 0 Å². The van der Waals surface area contributed by atoms with Crippen LogP contribution in [-0.2, 0) is 4.74 Å². The Morgan fingerprint density at radius 3 is 2.61 bits per heavy atom. The Morgan fingerprint density at radius 2 is 1.83 bits per heavy atom. The van der Waals surface area contributed by atoms with Crippen LogP contribution in [0.4, 0.5) is 0 Å². The lowest BCUT2D eigenvalue weighted by Gasteiger charge is -2.41. The molecule has 0 aromatic heterocycles. The van der Waals surface area contributed by atoms with E-state index >= 15 is 0 Å². The molecule has 2 nitrogen and oxygen atoms in total. The molecule has 3 fully saturated rings. The number of nitrogens with one attached hydrogen (secondary N) is 1. The highest BCUT2D eigenvalue weighted by molar-refractivity contribution is 4.94. The van der Waals surface area contributed by atoms with E-state index in [0.29, 0.717) is 0 Å². The summed E-state index contributed by atoms with van der Waals surface area (Å²) in [5.41, 5.74) is 0.274. The first-order chi connectivity index (χ1) is 8.76. The first-order valence-electron chi connectivity index (χ1n) is 8.16. The van der Waals surface area contributed by atoms with Crippen LogP contribution in [0.25, 0.3) is 0 Å². The first kappa shape index (κ1) is 12.9. The van der Waals surface area contributed by atoms with E-state index in [-0.39, 0.29) is 5.60 Å². The molecule has 0 radical (unpaired) electrons. The molecule has 0 bridgehead atoms. The fourth-order valence-electron chi connectivity index (χ4n) is 4.46. The van der Waals surface area contributed by atoms with Crippen LogP contribution in [-0.4, -0.2) is 24.3 Å². The summed E-state index contributed by atoms with van der Waals surface area (Å²) >= 11 is 0. The van der Waals surface area contributed by atoms with E-state index < -0.39 is 0 Å². The topological polar surface area (TPSA) is 21.3 Å². The maximum absolute atomic E-state index is 6.13. The normalized spacial score (nSPS) is 40.2. The summed E-state index contributed by atoms with van der Waals surface area (Å²) in [7, 11) is 0. The molecule has 1 N–H and O–H groups in total. The Morgan fingerprint density at radius 1 is 1.00 bits per heavy atom. The molecule has 3 aliphatic rings. The van der Waals surface area contributed by atoms with Gasteiger partial charge in [-0.1, -0.05) is 32.6 Å². The summed E-state index contributed by atoms with van der Waals surface area (Å²) in [6.45, 7) is 3.40. The van der Waals surface area contributed by atoms with E-state index in [1.165, 1.54) is 64.2 Å². The zero-order valence-electron chi connectivity index (χ0n) is 11.9. The summed E-state index contributed by atoms with van der Waals surface area (Å²) < 4.78 is 6.13. The van der Waals surface area contributed by atoms with Crippen molar-refractivity contribution in [3.05, 3.63) is 0 Å². The lowest BCUT2D eigenvalue weighted by molar-refractivity contribution is -0.0852. The van der Waals surface area contributed by atoms with Crippen LogP contribution in [0.5, 0.6) is 0 Å². The highest BCUT2D eigenvalue weighted by Gasteiger charge is 2.40. The lowest BCUT2D eigenvalue weighted by atomic mass is 9.84. The van der Waals surface area contributed by atoms with E-state index in [1.807, 2.05) is 0 Å². The molecule has 0 aromatic carbocycles. The largest absolute Gasteiger partial charge is 0.375 e. The lowest BCUT2D eigenvalue weighted by Crippen LogP contribution is -2.49. The quantitative estimate of drug-likeness (QED) is 0.809. The SMILES string of the molecule is CC1CCCC(NC2CCOC3(CCCC3)C2)C1. The number of hydrogen-bond acceptors (Lipinski definition) is 2. The summed E-state index contributed by atoms with van der Waals surface area (Å²) in [5.74, 6) is 0.927. The number of hydrogen-bond donors (Lipinski definition) is 1. The van der Waals surface area contributed by atoms with Gasteiger partial charge in [-0.05, 0) is 44.4 Å². The Balaban J connectivity index is 1.52. The average molecular weight is 251 g/mol. The molecular formula is C16H29NO. The molecule has 3 atom stereocenters. The van der Waals surface area contributed by atoms with E-state index in [2.05, 4.69) is 12.2 Å². The van der Waals surface area contributed by atoms with E-state index in [4.69, 9.17) is 4.74 Å². The third-order valence-corrected chi connectivity index (χ3v) is 5.42. The molecule has 104 valence electrons. The van der Waals surface area contributed by atoms with Gasteiger partial charge >= 0.3 is 0 Å². The fourth-order valence-corrected chi connectivity index (χ4v) is 4.46. The first-order valence-corrected chi connectivity index (χ1v) is 8.16. The van der Waals surface area contributed by atoms with Crippen LogP contribution >= 0.6 is 0 Å². The summed E-state index contributed by atoms with van der Waals surface area (Å²) in [5, 5.41) is 3.96. The molecule has 1 heterocycles. The number of ether oxygens (including phenoxy) is 1. The molecule has 18 heavy (non-hydrogen) atoms. The van der Waals surface area contributed by atoms with Crippen LogP contribution in [0.1, 0.15) is 71.1 Å². The zero-order chi connectivity index (χ0) is 12.4. The van der Waals surface area contributed by atoms with E-state index in [9.17, 15) is 0 Å². The van der Waals surface area contributed by atoms with Crippen LogP contribution < -0.4 is 5.32 Å². The predicted octanol–water partition coefficient (Wildman–Crippen LogP) is 3.65. The minimum absolute atomic E-state index is 0.274. The Kier molecular flexibility index (Phi) is 3.95. The molecule has 1 aliphatic heterocycles. The average Bonchev–Trinajstić information content (AvgIpc) is 2.77. The maximum Gasteiger partial charge on any atom is 0.0697 e. The fraction of sp³-hybridized carbons (Fsp3) is 1.00. The second-order valence-electron chi connectivity index (χ2n) is 7.06. The molecule has 1 saturated heterocycles. The Bertz CT molecular complexity index is 272. The van der Waals surface area contributed by atoms with Gasteiger partial charge in [0.2, 0.25) is 0 Å². The van der Waals surface area contributed by atoms with Crippen molar-refractivity contribution in [2.75, 3.05) is 6.61 Å². The third kappa shape index (κ3) is 2.91. The standard InChI is InChI=1S/C16H29NO/c1-13-5-4-6-14(11-13)17-15-7-10-18-16(12-15)8-2-3-9-16/h13-15,17H,2-12H2,1H3. The van der Waals surface area contributed by atoms with Gasteiger partial charge in [0, 0.05) is 18.7 Å². The van der Waals surface area contributed by atoms with Gasteiger partial charge in [-0.25, -0.2) is 0 Å². The minimum atomic E-state index is 0.274. The molecule has 3 rings (SSSR count).